The molecular weight excluding hydrogens is 208 g/mol. The SMILES string of the molecule is C=C(C(=O)c1ccc(C)cc1)C1=CCCC=C1. The first-order valence-electron chi connectivity index (χ1n) is 5.86. The van der Waals surface area contributed by atoms with Crippen molar-refractivity contribution in [3.05, 3.63) is 71.3 Å². The van der Waals surface area contributed by atoms with Crippen molar-refractivity contribution < 1.29 is 4.79 Å². The fourth-order valence-electron chi connectivity index (χ4n) is 1.85. The lowest BCUT2D eigenvalue weighted by molar-refractivity contribution is 0.103. The molecule has 1 aliphatic carbocycles. The molecular formula is C16H16O. The molecule has 86 valence electrons. The summed E-state index contributed by atoms with van der Waals surface area (Å²) in [5, 5.41) is 0. The molecule has 17 heavy (non-hydrogen) atoms. The average Bonchev–Trinajstić information content (AvgIpc) is 2.39. The molecule has 0 N–H and O–H groups in total. The zero-order chi connectivity index (χ0) is 12.3. The quantitative estimate of drug-likeness (QED) is 0.560. The topological polar surface area (TPSA) is 17.1 Å². The third-order valence-electron chi connectivity index (χ3n) is 2.93. The number of benzene rings is 1. The first-order valence-corrected chi connectivity index (χ1v) is 5.86. The molecule has 1 aliphatic rings. The third-order valence-corrected chi connectivity index (χ3v) is 2.93. The van der Waals surface area contributed by atoms with E-state index in [9.17, 15) is 4.79 Å². The van der Waals surface area contributed by atoms with Gasteiger partial charge >= 0.3 is 0 Å². The molecule has 0 atom stereocenters. The minimum Gasteiger partial charge on any atom is -0.289 e. The van der Waals surface area contributed by atoms with E-state index in [-0.39, 0.29) is 5.78 Å². The Balaban J connectivity index is 2.20. The van der Waals surface area contributed by atoms with Gasteiger partial charge in [0.1, 0.15) is 0 Å². The molecule has 0 fully saturated rings. The smallest absolute Gasteiger partial charge is 0.193 e. The highest BCUT2D eigenvalue weighted by Gasteiger charge is 2.13. The monoisotopic (exact) mass is 224 g/mol. The van der Waals surface area contributed by atoms with Gasteiger partial charge in [0.15, 0.2) is 5.78 Å². The zero-order valence-electron chi connectivity index (χ0n) is 10.1. The second kappa shape index (κ2) is 4.96. The van der Waals surface area contributed by atoms with Crippen molar-refractivity contribution in [1.82, 2.24) is 0 Å². The van der Waals surface area contributed by atoms with Crippen LogP contribution >= 0.6 is 0 Å². The molecule has 1 heteroatoms. The first-order chi connectivity index (χ1) is 8.18. The third kappa shape index (κ3) is 2.62. The molecule has 0 saturated heterocycles. The van der Waals surface area contributed by atoms with Crippen LogP contribution in [0.3, 0.4) is 0 Å². The highest BCUT2D eigenvalue weighted by atomic mass is 16.1. The summed E-state index contributed by atoms with van der Waals surface area (Å²) in [6, 6.07) is 7.61. The Morgan fingerprint density at radius 2 is 1.88 bits per heavy atom. The fraction of sp³-hybridized carbons (Fsp3) is 0.188. The molecule has 1 nitrogen and oxygen atoms in total. The Labute approximate surface area is 102 Å². The first kappa shape index (κ1) is 11.6. The van der Waals surface area contributed by atoms with Crippen LogP contribution in [0, 0.1) is 6.92 Å². The van der Waals surface area contributed by atoms with E-state index in [0.29, 0.717) is 11.1 Å². The van der Waals surface area contributed by atoms with Gasteiger partial charge in [-0.05, 0) is 25.3 Å². The predicted molar refractivity (Wildman–Crippen MR) is 71.1 cm³/mol. The van der Waals surface area contributed by atoms with Gasteiger partial charge in [-0.3, -0.25) is 4.79 Å². The maximum Gasteiger partial charge on any atom is 0.193 e. The van der Waals surface area contributed by atoms with Crippen molar-refractivity contribution in [1.29, 1.82) is 0 Å². The minimum atomic E-state index is 0.0165. The second-order valence-electron chi connectivity index (χ2n) is 4.31. The number of carbonyl (C=O) groups is 1. The summed E-state index contributed by atoms with van der Waals surface area (Å²) in [6.45, 7) is 5.92. The van der Waals surface area contributed by atoms with Gasteiger partial charge in [-0.2, -0.15) is 0 Å². The van der Waals surface area contributed by atoms with Gasteiger partial charge in [0, 0.05) is 11.1 Å². The molecule has 0 radical (unpaired) electrons. The van der Waals surface area contributed by atoms with Crippen LogP contribution in [0.2, 0.25) is 0 Å². The van der Waals surface area contributed by atoms with Crippen molar-refractivity contribution >= 4 is 5.78 Å². The number of aryl methyl sites for hydroxylation is 1. The number of hydrogen-bond donors (Lipinski definition) is 0. The number of Topliss-reactive ketones (excluding diaryl/α,β-unsaturated/α-hetero) is 1. The molecule has 0 aliphatic heterocycles. The molecule has 0 amide bonds. The molecule has 0 spiro atoms. The van der Waals surface area contributed by atoms with Crippen LogP contribution in [-0.4, -0.2) is 5.78 Å². The summed E-state index contributed by atoms with van der Waals surface area (Å²) in [5.41, 5.74) is 3.41. The van der Waals surface area contributed by atoms with Crippen molar-refractivity contribution in [3.8, 4) is 0 Å². The van der Waals surface area contributed by atoms with Gasteiger partial charge < -0.3 is 0 Å². The normalized spacial score (nSPS) is 14.3. The number of hydrogen-bond acceptors (Lipinski definition) is 1. The Hall–Kier alpha value is -1.89. The zero-order valence-corrected chi connectivity index (χ0v) is 10.1. The highest BCUT2D eigenvalue weighted by Crippen LogP contribution is 2.20. The van der Waals surface area contributed by atoms with E-state index in [2.05, 4.69) is 18.7 Å². The average molecular weight is 224 g/mol. The molecule has 0 heterocycles. The standard InChI is InChI=1S/C16H16O/c1-12-8-10-15(11-9-12)16(17)13(2)14-6-4-3-5-7-14/h4,6-11H,2-3,5H2,1H3. The maximum atomic E-state index is 12.2. The van der Waals surface area contributed by atoms with Crippen molar-refractivity contribution in [3.63, 3.8) is 0 Å². The van der Waals surface area contributed by atoms with Crippen molar-refractivity contribution in [2.75, 3.05) is 0 Å². The summed E-state index contributed by atoms with van der Waals surface area (Å²) in [6.07, 6.45) is 8.19. The van der Waals surface area contributed by atoms with E-state index in [4.69, 9.17) is 0 Å². The van der Waals surface area contributed by atoms with Gasteiger partial charge in [0.2, 0.25) is 0 Å². The Morgan fingerprint density at radius 1 is 1.18 bits per heavy atom. The minimum absolute atomic E-state index is 0.0165. The highest BCUT2D eigenvalue weighted by molar-refractivity contribution is 6.11. The summed E-state index contributed by atoms with van der Waals surface area (Å²) < 4.78 is 0. The number of rotatable bonds is 3. The largest absolute Gasteiger partial charge is 0.289 e. The molecule has 0 aromatic heterocycles. The van der Waals surface area contributed by atoms with E-state index in [1.54, 1.807) is 0 Å². The number of allylic oxidation sites excluding steroid dienone is 5. The maximum absolute atomic E-state index is 12.2. The van der Waals surface area contributed by atoms with E-state index < -0.39 is 0 Å². The molecule has 0 saturated carbocycles. The Morgan fingerprint density at radius 3 is 2.47 bits per heavy atom. The molecule has 1 aromatic rings. The lowest BCUT2D eigenvalue weighted by atomic mass is 9.94. The lowest BCUT2D eigenvalue weighted by Gasteiger charge is -2.09. The van der Waals surface area contributed by atoms with Crippen LogP contribution in [0.25, 0.3) is 0 Å². The second-order valence-corrected chi connectivity index (χ2v) is 4.31. The van der Waals surface area contributed by atoms with Gasteiger partial charge in [-0.15, -0.1) is 0 Å². The van der Waals surface area contributed by atoms with E-state index >= 15 is 0 Å². The summed E-state index contributed by atoms with van der Waals surface area (Å²) >= 11 is 0. The van der Waals surface area contributed by atoms with Crippen LogP contribution in [0.4, 0.5) is 0 Å². The predicted octanol–water partition coefficient (Wildman–Crippen LogP) is 4.01. The van der Waals surface area contributed by atoms with E-state index in [1.165, 1.54) is 0 Å². The molecule has 1 aromatic carbocycles. The Bertz CT molecular complexity index is 501. The van der Waals surface area contributed by atoms with Gasteiger partial charge in [0.25, 0.3) is 0 Å². The van der Waals surface area contributed by atoms with Gasteiger partial charge in [0.05, 0.1) is 0 Å². The van der Waals surface area contributed by atoms with Crippen molar-refractivity contribution in [2.24, 2.45) is 0 Å². The summed E-state index contributed by atoms with van der Waals surface area (Å²) in [5.74, 6) is 0.0165. The fourth-order valence-corrected chi connectivity index (χ4v) is 1.85. The van der Waals surface area contributed by atoms with Crippen LogP contribution in [0.15, 0.2) is 60.2 Å². The van der Waals surface area contributed by atoms with Crippen LogP contribution < -0.4 is 0 Å². The lowest BCUT2D eigenvalue weighted by Crippen LogP contribution is -2.05. The van der Waals surface area contributed by atoms with E-state index in [0.717, 1.165) is 24.0 Å². The number of carbonyl (C=O) groups excluding carboxylic acids is 1. The van der Waals surface area contributed by atoms with Crippen LogP contribution in [-0.2, 0) is 0 Å². The Kier molecular flexibility index (Phi) is 3.38. The molecule has 2 rings (SSSR count). The number of ketones is 1. The molecule has 0 bridgehead atoms. The summed E-state index contributed by atoms with van der Waals surface area (Å²) in [4.78, 5) is 12.2. The van der Waals surface area contributed by atoms with Gasteiger partial charge in [-0.25, -0.2) is 0 Å². The van der Waals surface area contributed by atoms with Crippen molar-refractivity contribution in [2.45, 2.75) is 19.8 Å². The van der Waals surface area contributed by atoms with E-state index in [1.807, 2.05) is 37.3 Å². The molecule has 0 unspecified atom stereocenters. The van der Waals surface area contributed by atoms with Crippen LogP contribution in [0.1, 0.15) is 28.8 Å². The summed E-state index contributed by atoms with van der Waals surface area (Å²) in [7, 11) is 0. The van der Waals surface area contributed by atoms with Gasteiger partial charge in [-0.1, -0.05) is 54.6 Å². The van der Waals surface area contributed by atoms with Crippen LogP contribution in [0.5, 0.6) is 0 Å².